The van der Waals surface area contributed by atoms with Crippen molar-refractivity contribution in [2.24, 2.45) is 0 Å². The van der Waals surface area contributed by atoms with E-state index in [1.807, 2.05) is 62.4 Å². The van der Waals surface area contributed by atoms with Crippen LogP contribution in [-0.4, -0.2) is 23.3 Å². The Kier molecular flexibility index (Phi) is 5.86. The van der Waals surface area contributed by atoms with Crippen LogP contribution >= 0.6 is 11.8 Å². The van der Waals surface area contributed by atoms with Crippen molar-refractivity contribution in [3.8, 4) is 0 Å². The van der Waals surface area contributed by atoms with Gasteiger partial charge >= 0.3 is 0 Å². The van der Waals surface area contributed by atoms with Crippen LogP contribution in [0.3, 0.4) is 0 Å². The van der Waals surface area contributed by atoms with Crippen LogP contribution in [0.15, 0.2) is 70.7 Å². The van der Waals surface area contributed by atoms with Crippen LogP contribution in [-0.2, 0) is 4.79 Å². The maximum Gasteiger partial charge on any atom is 0.261 e. The third kappa shape index (κ3) is 4.09. The number of nitrogens with one attached hydrogen (secondary N) is 1. The fourth-order valence-electron chi connectivity index (χ4n) is 3.59. The SMILES string of the molecule is Cc1cccc(C)c1NC(=O)CCCN1C(=O)c2cccnc2Sc2ccccc21. The van der Waals surface area contributed by atoms with Gasteiger partial charge in [-0.25, -0.2) is 4.98 Å². The average molecular weight is 418 g/mol. The lowest BCUT2D eigenvalue weighted by atomic mass is 10.1. The highest BCUT2D eigenvalue weighted by Crippen LogP contribution is 2.40. The van der Waals surface area contributed by atoms with Gasteiger partial charge in [-0.1, -0.05) is 42.1 Å². The number of fused-ring (bicyclic) bond motifs is 2. The molecule has 0 atom stereocenters. The molecule has 0 bridgehead atoms. The van der Waals surface area contributed by atoms with E-state index in [4.69, 9.17) is 0 Å². The molecule has 1 aliphatic heterocycles. The van der Waals surface area contributed by atoms with Crippen LogP contribution in [0, 0.1) is 13.8 Å². The van der Waals surface area contributed by atoms with Crippen LogP contribution < -0.4 is 10.2 Å². The summed E-state index contributed by atoms with van der Waals surface area (Å²) < 4.78 is 0. The largest absolute Gasteiger partial charge is 0.326 e. The van der Waals surface area contributed by atoms with E-state index >= 15 is 0 Å². The topological polar surface area (TPSA) is 62.3 Å². The molecule has 2 amide bonds. The highest BCUT2D eigenvalue weighted by Gasteiger charge is 2.27. The molecule has 1 N–H and O–H groups in total. The van der Waals surface area contributed by atoms with Crippen LogP contribution in [0.25, 0.3) is 0 Å². The van der Waals surface area contributed by atoms with Gasteiger partial charge in [-0.15, -0.1) is 0 Å². The molecule has 4 rings (SSSR count). The third-order valence-corrected chi connectivity index (χ3v) is 6.22. The number of para-hydroxylation sites is 2. The standard InChI is InChI=1S/C24H23N3O2S/c1-16-8-5-9-17(2)22(16)26-21(28)13-7-15-27-19-11-3-4-12-20(19)30-23-18(24(27)29)10-6-14-25-23/h3-6,8-12,14H,7,13,15H2,1-2H3,(H,26,28). The summed E-state index contributed by atoms with van der Waals surface area (Å²) in [5.41, 5.74) is 4.41. The summed E-state index contributed by atoms with van der Waals surface area (Å²) in [6, 6.07) is 17.4. The number of carbonyl (C=O) groups is 2. The van der Waals surface area contributed by atoms with Gasteiger partial charge < -0.3 is 10.2 Å². The number of hydrogen-bond donors (Lipinski definition) is 1. The zero-order valence-electron chi connectivity index (χ0n) is 17.0. The molecule has 0 saturated heterocycles. The Hall–Kier alpha value is -3.12. The number of rotatable bonds is 5. The monoisotopic (exact) mass is 417 g/mol. The summed E-state index contributed by atoms with van der Waals surface area (Å²) in [6.07, 6.45) is 2.61. The first-order valence-corrected chi connectivity index (χ1v) is 10.8. The maximum atomic E-state index is 13.2. The summed E-state index contributed by atoms with van der Waals surface area (Å²) in [7, 11) is 0. The van der Waals surface area contributed by atoms with Gasteiger partial charge in [0, 0.05) is 29.7 Å². The minimum atomic E-state index is -0.0780. The van der Waals surface area contributed by atoms with Gasteiger partial charge in [-0.3, -0.25) is 9.59 Å². The molecule has 6 heteroatoms. The zero-order valence-corrected chi connectivity index (χ0v) is 17.8. The van der Waals surface area contributed by atoms with Crippen LogP contribution in [0.2, 0.25) is 0 Å². The molecule has 1 aromatic heterocycles. The van der Waals surface area contributed by atoms with Crippen molar-refractivity contribution in [1.82, 2.24) is 4.98 Å². The molecule has 0 radical (unpaired) electrons. The number of aryl methyl sites for hydroxylation is 2. The first-order chi connectivity index (χ1) is 14.5. The van der Waals surface area contributed by atoms with E-state index in [0.717, 1.165) is 27.4 Å². The number of amides is 2. The van der Waals surface area contributed by atoms with Crippen molar-refractivity contribution < 1.29 is 9.59 Å². The van der Waals surface area contributed by atoms with Crippen molar-refractivity contribution >= 4 is 35.0 Å². The second-order valence-corrected chi connectivity index (χ2v) is 8.33. The summed E-state index contributed by atoms with van der Waals surface area (Å²) in [4.78, 5) is 32.9. The molecule has 1 aliphatic rings. The Morgan fingerprint density at radius 1 is 1.03 bits per heavy atom. The van der Waals surface area contributed by atoms with E-state index < -0.39 is 0 Å². The zero-order chi connectivity index (χ0) is 21.1. The first kappa shape index (κ1) is 20.2. The first-order valence-electron chi connectivity index (χ1n) is 9.94. The van der Waals surface area contributed by atoms with E-state index in [1.165, 1.54) is 11.8 Å². The quantitative estimate of drug-likeness (QED) is 0.618. The number of carbonyl (C=O) groups excluding carboxylic acids is 2. The molecule has 5 nitrogen and oxygen atoms in total. The van der Waals surface area contributed by atoms with Crippen molar-refractivity contribution in [1.29, 1.82) is 0 Å². The lowest BCUT2D eigenvalue weighted by Crippen LogP contribution is -2.32. The highest BCUT2D eigenvalue weighted by molar-refractivity contribution is 7.99. The normalized spacial score (nSPS) is 12.7. The lowest BCUT2D eigenvalue weighted by Gasteiger charge is -2.22. The van der Waals surface area contributed by atoms with E-state index in [9.17, 15) is 9.59 Å². The van der Waals surface area contributed by atoms with Crippen molar-refractivity contribution in [3.63, 3.8) is 0 Å². The van der Waals surface area contributed by atoms with Gasteiger partial charge in [0.2, 0.25) is 5.91 Å². The Labute approximate surface area is 180 Å². The van der Waals surface area contributed by atoms with Gasteiger partial charge in [0.25, 0.3) is 5.91 Å². The van der Waals surface area contributed by atoms with E-state index in [2.05, 4.69) is 10.3 Å². The number of pyridine rings is 1. The predicted molar refractivity (Wildman–Crippen MR) is 120 cm³/mol. The minimum absolute atomic E-state index is 0.0422. The van der Waals surface area contributed by atoms with Crippen molar-refractivity contribution in [2.75, 3.05) is 16.8 Å². The van der Waals surface area contributed by atoms with Gasteiger partial charge in [-0.05, 0) is 55.7 Å². The van der Waals surface area contributed by atoms with E-state index in [1.54, 1.807) is 17.2 Å². The van der Waals surface area contributed by atoms with Crippen molar-refractivity contribution in [2.45, 2.75) is 36.6 Å². The average Bonchev–Trinajstić information content (AvgIpc) is 2.86. The molecule has 0 spiro atoms. The minimum Gasteiger partial charge on any atom is -0.326 e. The molecular weight excluding hydrogens is 394 g/mol. The molecule has 0 fully saturated rings. The van der Waals surface area contributed by atoms with Gasteiger partial charge in [0.05, 0.1) is 11.3 Å². The van der Waals surface area contributed by atoms with Gasteiger partial charge in [-0.2, -0.15) is 0 Å². The van der Waals surface area contributed by atoms with E-state index in [0.29, 0.717) is 30.0 Å². The molecule has 0 saturated carbocycles. The van der Waals surface area contributed by atoms with Crippen molar-refractivity contribution in [3.05, 3.63) is 77.5 Å². The Bertz CT molecular complexity index is 1090. The molecule has 30 heavy (non-hydrogen) atoms. The Morgan fingerprint density at radius 2 is 1.80 bits per heavy atom. The second kappa shape index (κ2) is 8.71. The molecule has 0 unspecified atom stereocenters. The van der Waals surface area contributed by atoms with Gasteiger partial charge in [0.15, 0.2) is 0 Å². The summed E-state index contributed by atoms with van der Waals surface area (Å²) in [5, 5.41) is 3.73. The predicted octanol–water partition coefficient (Wildman–Crippen LogP) is 5.23. The Balaban J connectivity index is 1.48. The Morgan fingerprint density at radius 3 is 2.60 bits per heavy atom. The number of anilines is 2. The second-order valence-electron chi connectivity index (χ2n) is 7.30. The molecule has 3 aromatic rings. The molecule has 2 aromatic carbocycles. The fourth-order valence-corrected chi connectivity index (χ4v) is 4.61. The lowest BCUT2D eigenvalue weighted by molar-refractivity contribution is -0.116. The number of benzene rings is 2. The summed E-state index contributed by atoms with van der Waals surface area (Å²) in [5.74, 6) is -0.120. The maximum absolute atomic E-state index is 13.2. The smallest absolute Gasteiger partial charge is 0.261 e. The molecule has 0 aliphatic carbocycles. The number of nitrogens with zero attached hydrogens (tertiary/aromatic N) is 2. The van der Waals surface area contributed by atoms with E-state index in [-0.39, 0.29) is 11.8 Å². The molecule has 152 valence electrons. The summed E-state index contributed by atoms with van der Waals surface area (Å²) in [6.45, 7) is 4.43. The molecule has 2 heterocycles. The number of aromatic nitrogens is 1. The third-order valence-electron chi connectivity index (χ3n) is 5.14. The van der Waals surface area contributed by atoms with Gasteiger partial charge in [0.1, 0.15) is 5.03 Å². The van der Waals surface area contributed by atoms with Crippen LogP contribution in [0.4, 0.5) is 11.4 Å². The fraction of sp³-hybridized carbons (Fsp3) is 0.208. The number of hydrogen-bond acceptors (Lipinski definition) is 4. The highest BCUT2D eigenvalue weighted by atomic mass is 32.2. The molecular formula is C24H23N3O2S. The summed E-state index contributed by atoms with van der Waals surface area (Å²) >= 11 is 1.50. The van der Waals surface area contributed by atoms with Crippen LogP contribution in [0.1, 0.15) is 34.3 Å². The van der Waals surface area contributed by atoms with Crippen LogP contribution in [0.5, 0.6) is 0 Å².